The van der Waals surface area contributed by atoms with Gasteiger partial charge < -0.3 is 15.4 Å². The average Bonchev–Trinajstić information content (AvgIpc) is 2.79. The van der Waals surface area contributed by atoms with Gasteiger partial charge in [-0.3, -0.25) is 19.4 Å². The van der Waals surface area contributed by atoms with E-state index in [0.29, 0.717) is 12.3 Å². The lowest BCUT2D eigenvalue weighted by atomic mass is 10.2. The Morgan fingerprint density at radius 1 is 0.800 bits per heavy atom. The van der Waals surface area contributed by atoms with Crippen LogP contribution in [0.2, 0.25) is 0 Å². The van der Waals surface area contributed by atoms with Gasteiger partial charge in [0.15, 0.2) is 6.61 Å². The van der Waals surface area contributed by atoms with Crippen molar-refractivity contribution in [3.05, 3.63) is 66.2 Å². The van der Waals surface area contributed by atoms with Gasteiger partial charge in [-0.05, 0) is 17.7 Å². The van der Waals surface area contributed by atoms with E-state index >= 15 is 0 Å². The van der Waals surface area contributed by atoms with Crippen LogP contribution in [-0.4, -0.2) is 74.0 Å². The zero-order chi connectivity index (χ0) is 21.0. The summed E-state index contributed by atoms with van der Waals surface area (Å²) in [6, 6.07) is 19.6. The minimum atomic E-state index is -0.316. The van der Waals surface area contributed by atoms with E-state index in [0.717, 1.165) is 39.3 Å². The summed E-state index contributed by atoms with van der Waals surface area (Å²) in [5, 5.41) is 5.43. The fraction of sp³-hybridized carbons (Fsp3) is 0.391. The van der Waals surface area contributed by atoms with E-state index in [9.17, 15) is 9.59 Å². The van der Waals surface area contributed by atoms with E-state index in [-0.39, 0.29) is 25.0 Å². The number of ether oxygens (including phenoxy) is 1. The number of piperazine rings is 1. The normalized spacial score (nSPS) is 14.8. The molecule has 2 aromatic carbocycles. The minimum Gasteiger partial charge on any atom is -0.484 e. The van der Waals surface area contributed by atoms with Crippen molar-refractivity contribution >= 4 is 11.8 Å². The maximum Gasteiger partial charge on any atom is 0.258 e. The average molecular weight is 411 g/mol. The third kappa shape index (κ3) is 7.85. The molecule has 1 fully saturated rings. The summed E-state index contributed by atoms with van der Waals surface area (Å²) in [4.78, 5) is 28.5. The van der Waals surface area contributed by atoms with Crippen LogP contribution < -0.4 is 15.4 Å². The Labute approximate surface area is 178 Å². The Bertz CT molecular complexity index is 778. The van der Waals surface area contributed by atoms with Crippen LogP contribution in [0.3, 0.4) is 0 Å². The molecule has 0 aliphatic carbocycles. The Hall–Kier alpha value is -2.90. The lowest BCUT2D eigenvalue weighted by molar-refractivity contribution is -0.127. The van der Waals surface area contributed by atoms with Gasteiger partial charge in [-0.2, -0.15) is 0 Å². The number of benzene rings is 2. The summed E-state index contributed by atoms with van der Waals surface area (Å²) in [5.74, 6) is 0.121. The van der Waals surface area contributed by atoms with Crippen LogP contribution in [0, 0.1) is 0 Å². The fourth-order valence-electron chi connectivity index (χ4n) is 3.32. The predicted molar refractivity (Wildman–Crippen MR) is 116 cm³/mol. The SMILES string of the molecule is O=C(CNC(=O)COc1ccccc1)NCCN1CCN(Cc2ccccc2)CC1. The fourth-order valence-corrected chi connectivity index (χ4v) is 3.32. The number of hydrogen-bond acceptors (Lipinski definition) is 5. The van der Waals surface area contributed by atoms with Crippen LogP contribution >= 0.6 is 0 Å². The molecule has 0 spiro atoms. The number of hydrogen-bond donors (Lipinski definition) is 2. The summed E-state index contributed by atoms with van der Waals surface area (Å²) in [6.45, 7) is 6.28. The third-order valence-corrected chi connectivity index (χ3v) is 5.02. The van der Waals surface area contributed by atoms with Gasteiger partial charge in [0.1, 0.15) is 5.75 Å². The summed E-state index contributed by atoms with van der Waals surface area (Å²) >= 11 is 0. The number of para-hydroxylation sites is 1. The van der Waals surface area contributed by atoms with Crippen LogP contribution in [0.5, 0.6) is 5.75 Å². The van der Waals surface area contributed by atoms with Gasteiger partial charge >= 0.3 is 0 Å². The number of nitrogens with zero attached hydrogens (tertiary/aromatic N) is 2. The summed E-state index contributed by atoms with van der Waals surface area (Å²) in [5.41, 5.74) is 1.34. The van der Waals surface area contributed by atoms with Crippen molar-refractivity contribution in [3.8, 4) is 5.75 Å². The first-order valence-electron chi connectivity index (χ1n) is 10.4. The number of rotatable bonds is 10. The van der Waals surface area contributed by atoms with Gasteiger partial charge in [0, 0.05) is 45.8 Å². The molecule has 2 N–H and O–H groups in total. The van der Waals surface area contributed by atoms with Gasteiger partial charge in [-0.1, -0.05) is 48.5 Å². The largest absolute Gasteiger partial charge is 0.484 e. The first-order chi connectivity index (χ1) is 14.7. The molecule has 160 valence electrons. The van der Waals surface area contributed by atoms with Crippen molar-refractivity contribution in [2.24, 2.45) is 0 Å². The summed E-state index contributed by atoms with van der Waals surface area (Å²) < 4.78 is 5.35. The number of carbonyl (C=O) groups is 2. The van der Waals surface area contributed by atoms with Gasteiger partial charge in [-0.15, -0.1) is 0 Å². The molecular formula is C23H30N4O3. The second kappa shape index (κ2) is 11.9. The van der Waals surface area contributed by atoms with Gasteiger partial charge in [0.2, 0.25) is 5.91 Å². The second-order valence-electron chi connectivity index (χ2n) is 7.33. The lowest BCUT2D eigenvalue weighted by Gasteiger charge is -2.34. The molecule has 7 heteroatoms. The van der Waals surface area contributed by atoms with E-state index < -0.39 is 0 Å². The highest BCUT2D eigenvalue weighted by Crippen LogP contribution is 2.08. The van der Waals surface area contributed by atoms with Crippen LogP contribution in [0.1, 0.15) is 5.56 Å². The third-order valence-electron chi connectivity index (χ3n) is 5.02. The van der Waals surface area contributed by atoms with Crippen molar-refractivity contribution in [1.82, 2.24) is 20.4 Å². The molecule has 1 aliphatic rings. The Morgan fingerprint density at radius 3 is 2.13 bits per heavy atom. The van der Waals surface area contributed by atoms with Gasteiger partial charge in [0.05, 0.1) is 6.54 Å². The van der Waals surface area contributed by atoms with E-state index in [1.54, 1.807) is 12.1 Å². The van der Waals surface area contributed by atoms with E-state index in [1.165, 1.54) is 5.56 Å². The number of nitrogens with one attached hydrogen (secondary N) is 2. The number of amides is 2. The molecule has 2 amide bonds. The molecule has 30 heavy (non-hydrogen) atoms. The summed E-state index contributed by atoms with van der Waals surface area (Å²) in [6.07, 6.45) is 0. The molecule has 0 radical (unpaired) electrons. The van der Waals surface area contributed by atoms with Crippen LogP contribution in [0.25, 0.3) is 0 Å². The zero-order valence-electron chi connectivity index (χ0n) is 17.3. The standard InChI is InChI=1S/C23H30N4O3/c28-22(17-25-23(29)19-30-21-9-5-2-6-10-21)24-11-12-26-13-15-27(16-14-26)18-20-7-3-1-4-8-20/h1-10H,11-19H2,(H,24,28)(H,25,29). The molecule has 0 saturated carbocycles. The van der Waals surface area contributed by atoms with Crippen molar-refractivity contribution in [2.45, 2.75) is 6.54 Å². The Morgan fingerprint density at radius 2 is 1.43 bits per heavy atom. The topological polar surface area (TPSA) is 73.9 Å². The lowest BCUT2D eigenvalue weighted by Crippen LogP contribution is -2.48. The molecule has 7 nitrogen and oxygen atoms in total. The molecule has 0 aromatic heterocycles. The monoisotopic (exact) mass is 410 g/mol. The molecule has 0 bridgehead atoms. The maximum absolute atomic E-state index is 11.9. The van der Waals surface area contributed by atoms with Crippen molar-refractivity contribution < 1.29 is 14.3 Å². The molecule has 0 unspecified atom stereocenters. The van der Waals surface area contributed by atoms with Crippen LogP contribution in [-0.2, 0) is 16.1 Å². The molecule has 1 saturated heterocycles. The highest BCUT2D eigenvalue weighted by Gasteiger charge is 2.16. The Balaban J connectivity index is 1.22. The van der Waals surface area contributed by atoms with Crippen molar-refractivity contribution in [2.75, 3.05) is 52.4 Å². The second-order valence-corrected chi connectivity index (χ2v) is 7.33. The molecule has 2 aromatic rings. The molecule has 1 aliphatic heterocycles. The predicted octanol–water partition coefficient (Wildman–Crippen LogP) is 1.12. The highest BCUT2D eigenvalue weighted by atomic mass is 16.5. The van der Waals surface area contributed by atoms with Crippen LogP contribution in [0.15, 0.2) is 60.7 Å². The van der Waals surface area contributed by atoms with Gasteiger partial charge in [-0.25, -0.2) is 0 Å². The van der Waals surface area contributed by atoms with Crippen molar-refractivity contribution in [3.63, 3.8) is 0 Å². The first kappa shape index (κ1) is 21.8. The smallest absolute Gasteiger partial charge is 0.258 e. The van der Waals surface area contributed by atoms with Crippen molar-refractivity contribution in [1.29, 1.82) is 0 Å². The van der Waals surface area contributed by atoms with Gasteiger partial charge in [0.25, 0.3) is 5.91 Å². The van der Waals surface area contributed by atoms with E-state index in [1.807, 2.05) is 24.3 Å². The maximum atomic E-state index is 11.9. The minimum absolute atomic E-state index is 0.0398. The van der Waals surface area contributed by atoms with Crippen LogP contribution in [0.4, 0.5) is 0 Å². The van der Waals surface area contributed by atoms with E-state index in [4.69, 9.17) is 4.74 Å². The molecule has 0 atom stereocenters. The molecular weight excluding hydrogens is 380 g/mol. The van der Waals surface area contributed by atoms with E-state index in [2.05, 4.69) is 44.7 Å². The quantitative estimate of drug-likeness (QED) is 0.614. The zero-order valence-corrected chi connectivity index (χ0v) is 17.3. The Kier molecular flexibility index (Phi) is 8.68. The first-order valence-corrected chi connectivity index (χ1v) is 10.4. The molecule has 3 rings (SSSR count). The summed E-state index contributed by atoms with van der Waals surface area (Å²) in [7, 11) is 0. The molecule has 1 heterocycles. The number of carbonyl (C=O) groups excluding carboxylic acids is 2. The highest BCUT2D eigenvalue weighted by molar-refractivity contribution is 5.85.